The maximum atomic E-state index is 13.3. The Morgan fingerprint density at radius 3 is 2.49 bits per heavy atom. The number of halogens is 2. The molecule has 1 fully saturated rings. The Kier molecular flexibility index (Phi) is 8.30. The number of rotatable bonds is 9. The summed E-state index contributed by atoms with van der Waals surface area (Å²) in [6.45, 7) is 3.80. The summed E-state index contributed by atoms with van der Waals surface area (Å²) >= 11 is 12.7. The molecule has 0 bridgehead atoms. The fourth-order valence-corrected chi connectivity index (χ4v) is 5.28. The van der Waals surface area contributed by atoms with Crippen LogP contribution in [0.1, 0.15) is 18.4 Å². The Hall–Kier alpha value is -3.66. The highest BCUT2D eigenvalue weighted by Gasteiger charge is 2.18. The molecule has 4 aromatic rings. The van der Waals surface area contributed by atoms with Crippen molar-refractivity contribution in [3.8, 4) is 11.1 Å². The number of aromatic nitrogens is 3. The van der Waals surface area contributed by atoms with Crippen LogP contribution in [0.2, 0.25) is 10.0 Å². The zero-order valence-electron chi connectivity index (χ0n) is 21.4. The molecule has 5 rings (SSSR count). The van der Waals surface area contributed by atoms with E-state index < -0.39 is 5.56 Å². The van der Waals surface area contributed by atoms with Crippen LogP contribution in [0.25, 0.3) is 22.2 Å². The molecular weight excluding hydrogens is 539 g/mol. The molecule has 202 valence electrons. The van der Waals surface area contributed by atoms with Crippen molar-refractivity contribution in [1.29, 1.82) is 0 Å². The first kappa shape index (κ1) is 26.9. The number of carbonyl (C=O) groups is 1. The topological polar surface area (TPSA) is 101 Å². The van der Waals surface area contributed by atoms with Crippen LogP contribution in [0.15, 0.2) is 59.5 Å². The third-order valence-corrected chi connectivity index (χ3v) is 7.27. The van der Waals surface area contributed by atoms with Gasteiger partial charge >= 0.3 is 0 Å². The van der Waals surface area contributed by atoms with E-state index in [1.165, 1.54) is 20.0 Å². The van der Waals surface area contributed by atoms with Gasteiger partial charge in [-0.1, -0.05) is 41.4 Å². The van der Waals surface area contributed by atoms with Gasteiger partial charge in [0, 0.05) is 35.9 Å². The SMILES string of the molecule is COn1c(=O)c(-c2c(Cl)cccc2Cl)cc2cnc(Nc3ccc(CC(=O)NCCN4CCCC4)cc3)nc21. The lowest BCUT2D eigenvalue weighted by molar-refractivity contribution is -0.120. The Labute approximate surface area is 235 Å². The predicted molar refractivity (Wildman–Crippen MR) is 154 cm³/mol. The molecule has 0 atom stereocenters. The highest BCUT2D eigenvalue weighted by Crippen LogP contribution is 2.33. The molecule has 2 aromatic carbocycles. The number of likely N-dealkylation sites (tertiary alicyclic amines) is 1. The summed E-state index contributed by atoms with van der Waals surface area (Å²) in [6, 6.07) is 14.2. The van der Waals surface area contributed by atoms with Crippen molar-refractivity contribution < 1.29 is 9.63 Å². The van der Waals surface area contributed by atoms with Gasteiger partial charge in [-0.3, -0.25) is 9.59 Å². The molecule has 1 aliphatic heterocycles. The van der Waals surface area contributed by atoms with E-state index in [1.54, 1.807) is 30.5 Å². The van der Waals surface area contributed by atoms with Crippen LogP contribution in [0, 0.1) is 0 Å². The van der Waals surface area contributed by atoms with E-state index in [0.717, 1.165) is 35.6 Å². The second-order valence-electron chi connectivity index (χ2n) is 9.31. The van der Waals surface area contributed by atoms with Gasteiger partial charge in [0.1, 0.15) is 7.11 Å². The fraction of sp³-hybridized carbons (Fsp3) is 0.286. The zero-order chi connectivity index (χ0) is 27.4. The van der Waals surface area contributed by atoms with Gasteiger partial charge in [0.15, 0.2) is 5.65 Å². The minimum absolute atomic E-state index is 0.00255. The minimum atomic E-state index is -0.451. The van der Waals surface area contributed by atoms with Gasteiger partial charge in [0.05, 0.1) is 22.0 Å². The summed E-state index contributed by atoms with van der Waals surface area (Å²) in [7, 11) is 1.38. The van der Waals surface area contributed by atoms with E-state index in [9.17, 15) is 9.59 Å². The summed E-state index contributed by atoms with van der Waals surface area (Å²) in [5.74, 6) is 0.284. The molecule has 1 amide bonds. The number of pyridine rings is 1. The lowest BCUT2D eigenvalue weighted by Crippen LogP contribution is -2.34. The third kappa shape index (κ3) is 6.16. The van der Waals surface area contributed by atoms with E-state index in [-0.39, 0.29) is 23.1 Å². The Morgan fingerprint density at radius 1 is 1.08 bits per heavy atom. The van der Waals surface area contributed by atoms with Crippen molar-refractivity contribution >= 4 is 51.8 Å². The lowest BCUT2D eigenvalue weighted by Gasteiger charge is -2.14. The van der Waals surface area contributed by atoms with Crippen LogP contribution >= 0.6 is 23.2 Å². The highest BCUT2D eigenvalue weighted by molar-refractivity contribution is 6.39. The molecule has 0 aliphatic carbocycles. The first-order valence-electron chi connectivity index (χ1n) is 12.7. The molecule has 0 unspecified atom stereocenters. The van der Waals surface area contributed by atoms with Crippen LogP contribution in [-0.2, 0) is 11.2 Å². The molecule has 0 spiro atoms. The number of hydrogen-bond acceptors (Lipinski definition) is 7. The molecule has 2 aromatic heterocycles. The third-order valence-electron chi connectivity index (χ3n) is 6.64. The first-order valence-corrected chi connectivity index (χ1v) is 13.4. The largest absolute Gasteiger partial charge is 0.412 e. The van der Waals surface area contributed by atoms with Gasteiger partial charge in [-0.25, -0.2) is 4.98 Å². The number of anilines is 2. The van der Waals surface area contributed by atoms with Crippen LogP contribution in [0.4, 0.5) is 11.6 Å². The number of nitrogens with zero attached hydrogens (tertiary/aromatic N) is 4. The normalized spacial score (nSPS) is 13.5. The highest BCUT2D eigenvalue weighted by atomic mass is 35.5. The molecule has 0 saturated carbocycles. The van der Waals surface area contributed by atoms with Crippen LogP contribution < -0.4 is 21.0 Å². The monoisotopic (exact) mass is 566 g/mol. The number of hydrogen-bond donors (Lipinski definition) is 2. The lowest BCUT2D eigenvalue weighted by atomic mass is 10.1. The summed E-state index contributed by atoms with van der Waals surface area (Å²) in [6.07, 6.45) is 4.38. The van der Waals surface area contributed by atoms with Gasteiger partial charge in [0.2, 0.25) is 11.9 Å². The van der Waals surface area contributed by atoms with Gasteiger partial charge in [-0.2, -0.15) is 4.98 Å². The van der Waals surface area contributed by atoms with Crippen molar-refractivity contribution in [2.24, 2.45) is 0 Å². The van der Waals surface area contributed by atoms with Crippen LogP contribution in [-0.4, -0.2) is 58.8 Å². The fourth-order valence-electron chi connectivity index (χ4n) is 4.68. The summed E-state index contributed by atoms with van der Waals surface area (Å²) in [5.41, 5.74) is 2.17. The van der Waals surface area contributed by atoms with Crippen molar-refractivity contribution in [3.05, 3.63) is 80.7 Å². The Balaban J connectivity index is 1.29. The number of amides is 1. The van der Waals surface area contributed by atoms with Gasteiger partial charge < -0.3 is 20.4 Å². The average Bonchev–Trinajstić information content (AvgIpc) is 3.44. The molecule has 39 heavy (non-hydrogen) atoms. The summed E-state index contributed by atoms with van der Waals surface area (Å²) < 4.78 is 1.09. The number of nitrogens with one attached hydrogen (secondary N) is 2. The second-order valence-corrected chi connectivity index (χ2v) is 10.1. The van der Waals surface area contributed by atoms with Gasteiger partial charge in [-0.05, 0) is 61.8 Å². The van der Waals surface area contributed by atoms with E-state index in [1.807, 2.05) is 24.3 Å². The van der Waals surface area contributed by atoms with E-state index in [2.05, 4.69) is 25.5 Å². The average molecular weight is 567 g/mol. The van der Waals surface area contributed by atoms with Gasteiger partial charge in [-0.15, -0.1) is 4.73 Å². The van der Waals surface area contributed by atoms with Crippen molar-refractivity contribution in [3.63, 3.8) is 0 Å². The van der Waals surface area contributed by atoms with Gasteiger partial charge in [0.25, 0.3) is 5.56 Å². The van der Waals surface area contributed by atoms with E-state index >= 15 is 0 Å². The molecule has 11 heteroatoms. The quantitative estimate of drug-likeness (QED) is 0.311. The predicted octanol–water partition coefficient (Wildman–Crippen LogP) is 4.32. The first-order chi connectivity index (χ1) is 18.9. The molecular formula is C28H28Cl2N6O3. The number of carbonyl (C=O) groups excluding carboxylic acids is 1. The minimum Gasteiger partial charge on any atom is -0.412 e. The maximum Gasteiger partial charge on any atom is 0.293 e. The van der Waals surface area contributed by atoms with Crippen molar-refractivity contribution in [2.45, 2.75) is 19.3 Å². The van der Waals surface area contributed by atoms with Crippen molar-refractivity contribution in [1.82, 2.24) is 24.9 Å². The molecule has 9 nitrogen and oxygen atoms in total. The molecule has 1 aliphatic rings. The molecule has 0 radical (unpaired) electrons. The van der Waals surface area contributed by atoms with E-state index in [0.29, 0.717) is 34.0 Å². The van der Waals surface area contributed by atoms with Crippen LogP contribution in [0.3, 0.4) is 0 Å². The smallest absolute Gasteiger partial charge is 0.293 e. The molecule has 3 heterocycles. The molecule has 2 N–H and O–H groups in total. The molecule has 1 saturated heterocycles. The number of fused-ring (bicyclic) bond motifs is 1. The second kappa shape index (κ2) is 12.0. The van der Waals surface area contributed by atoms with E-state index in [4.69, 9.17) is 28.0 Å². The van der Waals surface area contributed by atoms with Crippen molar-refractivity contribution in [2.75, 3.05) is 38.6 Å². The van der Waals surface area contributed by atoms with Crippen LogP contribution in [0.5, 0.6) is 0 Å². The number of benzene rings is 2. The summed E-state index contributed by atoms with van der Waals surface area (Å²) in [5, 5.41) is 7.40. The standard InChI is InChI=1S/C28H28Cl2N6O3/c1-39-36-26-19(16-21(27(36)38)25-22(29)5-4-6-23(25)30)17-32-28(34-26)33-20-9-7-18(8-10-20)15-24(37)31-11-14-35-12-2-3-13-35/h4-10,16-17H,2-3,11-15H2,1H3,(H,31,37)(H,32,33,34). The Bertz CT molecular complexity index is 1530. The maximum absolute atomic E-state index is 13.3. The zero-order valence-corrected chi connectivity index (χ0v) is 22.9. The summed E-state index contributed by atoms with van der Waals surface area (Å²) in [4.78, 5) is 42.2. The Morgan fingerprint density at radius 2 is 1.79 bits per heavy atom.